The van der Waals surface area contributed by atoms with Gasteiger partial charge in [-0.3, -0.25) is 4.79 Å². The molecule has 1 aliphatic carbocycles. The fraction of sp³-hybridized carbons (Fsp3) is 0.500. The standard InChI is InChI=1S/C16H22N2O3/c1-2-13(12-7-4-3-5-8-12)17-15(21)18-16(9-6-10-16)11-14(19)20/h3-5,7-8,13H,2,6,9-11H2,1H3,(H,19,20)(H2,17,18,21). The van der Waals surface area contributed by atoms with Crippen molar-refractivity contribution in [3.8, 4) is 0 Å². The molecule has 0 saturated heterocycles. The first-order chi connectivity index (χ1) is 10.0. The lowest BCUT2D eigenvalue weighted by Crippen LogP contribution is -2.57. The van der Waals surface area contributed by atoms with Crippen LogP contribution in [0.3, 0.4) is 0 Å². The van der Waals surface area contributed by atoms with E-state index >= 15 is 0 Å². The molecule has 2 rings (SSSR count). The molecule has 5 heteroatoms. The van der Waals surface area contributed by atoms with Gasteiger partial charge in [-0.15, -0.1) is 0 Å². The van der Waals surface area contributed by atoms with Gasteiger partial charge in [0.25, 0.3) is 0 Å². The van der Waals surface area contributed by atoms with Crippen molar-refractivity contribution in [1.29, 1.82) is 0 Å². The molecule has 0 aliphatic heterocycles. The summed E-state index contributed by atoms with van der Waals surface area (Å²) in [6.45, 7) is 2.01. The third-order valence-corrected chi connectivity index (χ3v) is 4.09. The van der Waals surface area contributed by atoms with E-state index in [9.17, 15) is 9.59 Å². The number of hydrogen-bond donors (Lipinski definition) is 3. The third-order valence-electron chi connectivity index (χ3n) is 4.09. The number of hydrogen-bond acceptors (Lipinski definition) is 2. The average molecular weight is 290 g/mol. The summed E-state index contributed by atoms with van der Waals surface area (Å²) in [6.07, 6.45) is 3.19. The van der Waals surface area contributed by atoms with Crippen molar-refractivity contribution in [1.82, 2.24) is 10.6 Å². The van der Waals surface area contributed by atoms with Crippen LogP contribution in [0.2, 0.25) is 0 Å². The van der Waals surface area contributed by atoms with E-state index < -0.39 is 11.5 Å². The van der Waals surface area contributed by atoms with Crippen LogP contribution in [0.15, 0.2) is 30.3 Å². The quantitative estimate of drug-likeness (QED) is 0.754. The minimum absolute atomic E-state index is 0.0114. The predicted molar refractivity (Wildman–Crippen MR) is 80.0 cm³/mol. The van der Waals surface area contributed by atoms with Crippen molar-refractivity contribution >= 4 is 12.0 Å². The first kappa shape index (κ1) is 15.4. The highest BCUT2D eigenvalue weighted by atomic mass is 16.4. The molecule has 2 amide bonds. The van der Waals surface area contributed by atoms with Gasteiger partial charge >= 0.3 is 12.0 Å². The van der Waals surface area contributed by atoms with Crippen LogP contribution in [0.5, 0.6) is 0 Å². The van der Waals surface area contributed by atoms with Crippen molar-refractivity contribution in [2.45, 2.75) is 50.6 Å². The molecule has 0 radical (unpaired) electrons. The van der Waals surface area contributed by atoms with Gasteiger partial charge in [0.1, 0.15) is 0 Å². The maximum absolute atomic E-state index is 12.2. The second-order valence-corrected chi connectivity index (χ2v) is 5.67. The van der Waals surface area contributed by atoms with E-state index in [0.29, 0.717) is 0 Å². The highest BCUT2D eigenvalue weighted by molar-refractivity contribution is 5.77. The van der Waals surface area contributed by atoms with Gasteiger partial charge in [-0.25, -0.2) is 4.79 Å². The number of carboxylic acid groups (broad SMARTS) is 1. The van der Waals surface area contributed by atoms with Gasteiger partial charge < -0.3 is 15.7 Å². The predicted octanol–water partition coefficient (Wildman–Crippen LogP) is 2.83. The number of rotatable bonds is 6. The maximum atomic E-state index is 12.2. The van der Waals surface area contributed by atoms with Crippen molar-refractivity contribution < 1.29 is 14.7 Å². The minimum atomic E-state index is -0.870. The van der Waals surface area contributed by atoms with Gasteiger partial charge in [-0.2, -0.15) is 0 Å². The number of carbonyl (C=O) groups is 2. The molecular formula is C16H22N2O3. The summed E-state index contributed by atoms with van der Waals surface area (Å²) in [7, 11) is 0. The second-order valence-electron chi connectivity index (χ2n) is 5.67. The number of nitrogens with one attached hydrogen (secondary N) is 2. The molecule has 114 valence electrons. The molecule has 0 aromatic heterocycles. The van der Waals surface area contributed by atoms with Crippen LogP contribution >= 0.6 is 0 Å². The molecule has 1 aliphatic rings. The lowest BCUT2D eigenvalue weighted by molar-refractivity contribution is -0.139. The molecule has 3 N–H and O–H groups in total. The molecule has 0 heterocycles. The van der Waals surface area contributed by atoms with Gasteiger partial charge in [-0.1, -0.05) is 37.3 Å². The molecular weight excluding hydrogens is 268 g/mol. The lowest BCUT2D eigenvalue weighted by atomic mass is 9.74. The first-order valence-electron chi connectivity index (χ1n) is 7.40. The Balaban J connectivity index is 1.95. The van der Waals surface area contributed by atoms with E-state index in [0.717, 1.165) is 31.2 Å². The summed E-state index contributed by atoms with van der Waals surface area (Å²) in [5.41, 5.74) is 0.487. The van der Waals surface area contributed by atoms with Gasteiger partial charge in [0.15, 0.2) is 0 Å². The summed E-state index contributed by atoms with van der Waals surface area (Å²) in [4.78, 5) is 23.1. The number of aliphatic carboxylic acids is 1. The molecule has 1 saturated carbocycles. The molecule has 0 bridgehead atoms. The molecule has 5 nitrogen and oxygen atoms in total. The molecule has 1 fully saturated rings. The Morgan fingerprint density at radius 1 is 1.29 bits per heavy atom. The lowest BCUT2D eigenvalue weighted by Gasteiger charge is -2.41. The maximum Gasteiger partial charge on any atom is 0.315 e. The van der Waals surface area contributed by atoms with Crippen molar-refractivity contribution in [2.24, 2.45) is 0 Å². The Bertz CT molecular complexity index is 498. The van der Waals surface area contributed by atoms with E-state index in [-0.39, 0.29) is 18.5 Å². The fourth-order valence-electron chi connectivity index (χ4n) is 2.78. The highest BCUT2D eigenvalue weighted by Crippen LogP contribution is 2.34. The van der Waals surface area contributed by atoms with E-state index in [1.54, 1.807) is 0 Å². The summed E-state index contributed by atoms with van der Waals surface area (Å²) in [5, 5.41) is 14.8. The van der Waals surface area contributed by atoms with Crippen molar-refractivity contribution in [2.75, 3.05) is 0 Å². The zero-order valence-electron chi connectivity index (χ0n) is 12.3. The number of benzene rings is 1. The highest BCUT2D eigenvalue weighted by Gasteiger charge is 2.40. The summed E-state index contributed by atoms with van der Waals surface area (Å²) >= 11 is 0. The number of carboxylic acids is 1. The smallest absolute Gasteiger partial charge is 0.315 e. The third kappa shape index (κ3) is 3.97. The van der Waals surface area contributed by atoms with Gasteiger partial charge in [0.05, 0.1) is 18.0 Å². The van der Waals surface area contributed by atoms with Gasteiger partial charge in [0, 0.05) is 0 Å². The summed E-state index contributed by atoms with van der Waals surface area (Å²) < 4.78 is 0. The largest absolute Gasteiger partial charge is 0.481 e. The first-order valence-corrected chi connectivity index (χ1v) is 7.40. The normalized spacial score (nSPS) is 17.4. The van der Waals surface area contributed by atoms with Crippen LogP contribution in [0.25, 0.3) is 0 Å². The van der Waals surface area contributed by atoms with E-state index in [2.05, 4.69) is 10.6 Å². The Morgan fingerprint density at radius 2 is 1.95 bits per heavy atom. The van der Waals surface area contributed by atoms with Crippen LogP contribution < -0.4 is 10.6 Å². The van der Waals surface area contributed by atoms with Crippen LogP contribution in [0.4, 0.5) is 4.79 Å². The van der Waals surface area contributed by atoms with Crippen LogP contribution in [-0.2, 0) is 4.79 Å². The Morgan fingerprint density at radius 3 is 2.43 bits per heavy atom. The Labute approximate surface area is 124 Å². The Hall–Kier alpha value is -2.04. The van der Waals surface area contributed by atoms with E-state index in [4.69, 9.17) is 5.11 Å². The van der Waals surface area contributed by atoms with Gasteiger partial charge in [0.2, 0.25) is 0 Å². The monoisotopic (exact) mass is 290 g/mol. The van der Waals surface area contributed by atoms with Crippen LogP contribution in [-0.4, -0.2) is 22.6 Å². The van der Waals surface area contributed by atoms with Crippen LogP contribution in [0, 0.1) is 0 Å². The topological polar surface area (TPSA) is 78.4 Å². The second kappa shape index (κ2) is 6.61. The average Bonchev–Trinajstić information content (AvgIpc) is 2.42. The summed E-state index contributed by atoms with van der Waals surface area (Å²) in [5.74, 6) is -0.870. The van der Waals surface area contributed by atoms with Crippen LogP contribution in [0.1, 0.15) is 50.6 Å². The van der Waals surface area contributed by atoms with E-state index in [1.807, 2.05) is 37.3 Å². The number of amides is 2. The molecule has 1 atom stereocenters. The minimum Gasteiger partial charge on any atom is -0.481 e. The van der Waals surface area contributed by atoms with Gasteiger partial charge in [-0.05, 0) is 31.2 Å². The number of urea groups is 1. The molecule has 1 aromatic rings. The van der Waals surface area contributed by atoms with Crippen molar-refractivity contribution in [3.63, 3.8) is 0 Å². The Kier molecular flexibility index (Phi) is 4.83. The SMILES string of the molecule is CCC(NC(=O)NC1(CC(=O)O)CCC1)c1ccccc1. The molecule has 1 aromatic carbocycles. The zero-order valence-corrected chi connectivity index (χ0v) is 12.3. The van der Waals surface area contributed by atoms with E-state index in [1.165, 1.54) is 0 Å². The molecule has 0 spiro atoms. The molecule has 1 unspecified atom stereocenters. The molecule has 21 heavy (non-hydrogen) atoms. The van der Waals surface area contributed by atoms with Crippen molar-refractivity contribution in [3.05, 3.63) is 35.9 Å². The summed E-state index contributed by atoms with van der Waals surface area (Å²) in [6, 6.07) is 9.42. The zero-order chi connectivity index (χ0) is 15.3. The number of carbonyl (C=O) groups excluding carboxylic acids is 1. The fourth-order valence-corrected chi connectivity index (χ4v) is 2.78.